The van der Waals surface area contributed by atoms with E-state index in [-0.39, 0.29) is 24.0 Å². The molecule has 1 aromatic heterocycles. The van der Waals surface area contributed by atoms with Gasteiger partial charge in [0.15, 0.2) is 17.5 Å². The Labute approximate surface area is 163 Å². The molecule has 0 atom stereocenters. The minimum atomic E-state index is 0. The summed E-state index contributed by atoms with van der Waals surface area (Å²) in [7, 11) is 3.22. The molecule has 8 heteroatoms. The van der Waals surface area contributed by atoms with Crippen molar-refractivity contribution in [1.82, 2.24) is 10.3 Å². The molecule has 3 N–H and O–H groups in total. The van der Waals surface area contributed by atoms with Crippen LogP contribution in [0, 0.1) is 13.8 Å². The molecule has 1 heterocycles. The molecule has 0 fully saturated rings. The Balaban J connectivity index is 0.00000288. The molecule has 0 saturated heterocycles. The highest BCUT2D eigenvalue weighted by Crippen LogP contribution is 2.27. The van der Waals surface area contributed by atoms with Crippen LogP contribution in [0.25, 0.3) is 0 Å². The number of nitrogens with two attached hydrogens (primary N) is 1. The summed E-state index contributed by atoms with van der Waals surface area (Å²) in [6, 6.07) is 5.68. The summed E-state index contributed by atoms with van der Waals surface area (Å²) in [5.74, 6) is 1.77. The number of hydrogen-bond donors (Lipinski definition) is 2. The fourth-order valence-corrected chi connectivity index (χ4v) is 2.96. The Morgan fingerprint density at radius 2 is 1.96 bits per heavy atom. The van der Waals surface area contributed by atoms with Gasteiger partial charge in [-0.2, -0.15) is 0 Å². The summed E-state index contributed by atoms with van der Waals surface area (Å²) in [5.41, 5.74) is 7.92. The lowest BCUT2D eigenvalue weighted by Gasteiger charge is -2.09. The first-order valence-electron chi connectivity index (χ1n) is 7.21. The summed E-state index contributed by atoms with van der Waals surface area (Å²) in [5, 5.41) is 4.15. The largest absolute Gasteiger partial charge is 0.493 e. The van der Waals surface area contributed by atoms with Crippen molar-refractivity contribution >= 4 is 41.3 Å². The average Bonchev–Trinajstić information content (AvgIpc) is 2.88. The average molecular weight is 462 g/mol. The zero-order valence-corrected chi connectivity index (χ0v) is 17.4. The molecule has 0 aliphatic heterocycles. The first-order valence-corrected chi connectivity index (χ1v) is 8.02. The molecule has 2 aromatic rings. The van der Waals surface area contributed by atoms with E-state index in [0.717, 1.165) is 16.3 Å². The summed E-state index contributed by atoms with van der Waals surface area (Å²) >= 11 is 1.68. The summed E-state index contributed by atoms with van der Waals surface area (Å²) in [4.78, 5) is 9.99. The van der Waals surface area contributed by atoms with Crippen LogP contribution >= 0.6 is 35.3 Å². The zero-order chi connectivity index (χ0) is 16.8. The van der Waals surface area contributed by atoms with Crippen LogP contribution in [0.5, 0.6) is 11.5 Å². The topological polar surface area (TPSA) is 81.8 Å². The van der Waals surface area contributed by atoms with Gasteiger partial charge in [0.05, 0.1) is 38.0 Å². The predicted octanol–water partition coefficient (Wildman–Crippen LogP) is 3.00. The number of nitrogens with zero attached hydrogens (tertiary/aromatic N) is 2. The highest BCUT2D eigenvalue weighted by molar-refractivity contribution is 14.0. The zero-order valence-electron chi connectivity index (χ0n) is 14.3. The van der Waals surface area contributed by atoms with Crippen molar-refractivity contribution in [2.24, 2.45) is 10.7 Å². The number of aromatic nitrogens is 1. The van der Waals surface area contributed by atoms with Gasteiger partial charge < -0.3 is 20.5 Å². The number of ether oxygens (including phenoxy) is 2. The summed E-state index contributed by atoms with van der Waals surface area (Å²) in [6.45, 7) is 5.10. The first kappa shape index (κ1) is 20.5. The predicted molar refractivity (Wildman–Crippen MR) is 109 cm³/mol. The second-order valence-electron chi connectivity index (χ2n) is 4.98. The number of aliphatic imine (C=N–C) groups is 1. The number of aryl methyl sites for hydroxylation is 2. The van der Waals surface area contributed by atoms with Gasteiger partial charge in [0.25, 0.3) is 0 Å². The van der Waals surface area contributed by atoms with Gasteiger partial charge in [-0.3, -0.25) is 0 Å². The van der Waals surface area contributed by atoms with E-state index in [2.05, 4.69) is 22.2 Å². The van der Waals surface area contributed by atoms with Crippen LogP contribution in [0.2, 0.25) is 0 Å². The van der Waals surface area contributed by atoms with Crippen LogP contribution in [-0.4, -0.2) is 25.2 Å². The van der Waals surface area contributed by atoms with E-state index < -0.39 is 0 Å². The fraction of sp³-hybridized carbons (Fsp3) is 0.375. The van der Waals surface area contributed by atoms with Crippen LogP contribution in [0.4, 0.5) is 0 Å². The highest BCUT2D eigenvalue weighted by Gasteiger charge is 2.06. The van der Waals surface area contributed by atoms with Crippen LogP contribution in [-0.2, 0) is 13.1 Å². The number of guanidine groups is 1. The molecular weight excluding hydrogens is 439 g/mol. The number of methoxy groups -OCH3 is 2. The molecular formula is C16H23IN4O2S. The quantitative estimate of drug-likeness (QED) is 0.392. The van der Waals surface area contributed by atoms with Gasteiger partial charge in [0.1, 0.15) is 0 Å². The van der Waals surface area contributed by atoms with Gasteiger partial charge in [-0.25, -0.2) is 9.98 Å². The van der Waals surface area contributed by atoms with E-state index in [1.54, 1.807) is 25.6 Å². The number of thiazole rings is 1. The number of rotatable bonds is 6. The van der Waals surface area contributed by atoms with Gasteiger partial charge in [-0.1, -0.05) is 6.07 Å². The number of benzene rings is 1. The summed E-state index contributed by atoms with van der Waals surface area (Å²) in [6.07, 6.45) is 0. The van der Waals surface area contributed by atoms with Gasteiger partial charge in [-0.15, -0.1) is 35.3 Å². The fourth-order valence-electron chi connectivity index (χ4n) is 2.12. The van der Waals surface area contributed by atoms with Gasteiger partial charge >= 0.3 is 0 Å². The van der Waals surface area contributed by atoms with E-state index in [1.807, 2.05) is 25.1 Å². The monoisotopic (exact) mass is 462 g/mol. The van der Waals surface area contributed by atoms with Crippen LogP contribution in [0.1, 0.15) is 21.1 Å². The Bertz CT molecular complexity index is 703. The molecule has 0 spiro atoms. The number of halogens is 1. The standard InChI is InChI=1S/C16H22N4O2S.HI/c1-10-13(20-11(2)23-10)9-19-16(17)18-8-12-5-6-14(21-3)15(7-12)22-4;/h5-7H,8-9H2,1-4H3,(H3,17,18,19);1H. The Hall–Kier alpha value is -1.55. The molecule has 2 rings (SSSR count). The maximum Gasteiger partial charge on any atom is 0.189 e. The van der Waals surface area contributed by atoms with Crippen LogP contribution in [0.15, 0.2) is 23.2 Å². The van der Waals surface area contributed by atoms with Gasteiger partial charge in [0, 0.05) is 4.88 Å². The van der Waals surface area contributed by atoms with Crippen LogP contribution < -0.4 is 20.5 Å². The molecule has 1 aromatic carbocycles. The van der Waals surface area contributed by atoms with Crippen molar-refractivity contribution in [1.29, 1.82) is 0 Å². The van der Waals surface area contributed by atoms with E-state index in [1.165, 1.54) is 4.88 Å². The third kappa shape index (κ3) is 5.52. The molecule has 24 heavy (non-hydrogen) atoms. The molecule has 132 valence electrons. The van der Waals surface area contributed by atoms with Crippen LogP contribution in [0.3, 0.4) is 0 Å². The SMILES string of the molecule is COc1ccc(CN=C(N)NCc2nc(C)sc2C)cc1OC.I. The number of hydrogen-bond acceptors (Lipinski definition) is 5. The van der Waals surface area contributed by atoms with E-state index >= 15 is 0 Å². The smallest absolute Gasteiger partial charge is 0.189 e. The van der Waals surface area contributed by atoms with E-state index in [0.29, 0.717) is 30.5 Å². The molecule has 0 saturated carbocycles. The van der Waals surface area contributed by atoms with E-state index in [9.17, 15) is 0 Å². The van der Waals surface area contributed by atoms with Gasteiger partial charge in [-0.05, 0) is 31.5 Å². The highest BCUT2D eigenvalue weighted by atomic mass is 127. The minimum Gasteiger partial charge on any atom is -0.493 e. The molecule has 0 amide bonds. The lowest BCUT2D eigenvalue weighted by atomic mass is 10.2. The maximum absolute atomic E-state index is 5.91. The van der Waals surface area contributed by atoms with Crippen molar-refractivity contribution in [2.75, 3.05) is 14.2 Å². The lowest BCUT2D eigenvalue weighted by Crippen LogP contribution is -2.31. The molecule has 0 bridgehead atoms. The van der Waals surface area contributed by atoms with Crippen molar-refractivity contribution in [3.05, 3.63) is 39.3 Å². The Kier molecular flexibility index (Phi) is 8.26. The second-order valence-corrected chi connectivity index (χ2v) is 6.39. The van der Waals surface area contributed by atoms with Crippen molar-refractivity contribution in [3.8, 4) is 11.5 Å². The van der Waals surface area contributed by atoms with E-state index in [4.69, 9.17) is 15.2 Å². The first-order chi connectivity index (χ1) is 11.0. The van der Waals surface area contributed by atoms with Crippen molar-refractivity contribution in [2.45, 2.75) is 26.9 Å². The Morgan fingerprint density at radius 3 is 2.54 bits per heavy atom. The molecule has 6 nitrogen and oxygen atoms in total. The molecule has 0 radical (unpaired) electrons. The third-order valence-corrected chi connectivity index (χ3v) is 4.24. The summed E-state index contributed by atoms with van der Waals surface area (Å²) < 4.78 is 10.5. The molecule has 0 unspecified atom stereocenters. The normalized spacial score (nSPS) is 10.9. The lowest BCUT2D eigenvalue weighted by molar-refractivity contribution is 0.354. The molecule has 0 aliphatic carbocycles. The maximum atomic E-state index is 5.91. The van der Waals surface area contributed by atoms with Crippen molar-refractivity contribution < 1.29 is 9.47 Å². The Morgan fingerprint density at radius 1 is 1.25 bits per heavy atom. The minimum absolute atomic E-state index is 0. The second kappa shape index (κ2) is 9.67. The number of nitrogens with one attached hydrogen (secondary N) is 1. The third-order valence-electron chi connectivity index (χ3n) is 3.32. The molecule has 0 aliphatic rings. The van der Waals surface area contributed by atoms with Crippen molar-refractivity contribution in [3.63, 3.8) is 0 Å². The van der Waals surface area contributed by atoms with Gasteiger partial charge in [0.2, 0.25) is 0 Å².